The SMILES string of the molecule is CC(C)Oc1ccc([C@@H]2CC(=O)N(c3cccc(N4C(=O)C[C@H](c5ccc(OC(C)C)cc5)C4=O)c3)C2=O)cc1. The van der Waals surface area contributed by atoms with Crippen LogP contribution in [-0.4, -0.2) is 35.8 Å². The molecule has 0 unspecified atom stereocenters. The fourth-order valence-corrected chi connectivity index (χ4v) is 5.20. The summed E-state index contributed by atoms with van der Waals surface area (Å²) < 4.78 is 11.4. The molecule has 0 radical (unpaired) electrons. The van der Waals surface area contributed by atoms with E-state index in [0.29, 0.717) is 22.9 Å². The topological polar surface area (TPSA) is 93.2 Å². The molecule has 40 heavy (non-hydrogen) atoms. The molecule has 0 saturated carbocycles. The predicted octanol–water partition coefficient (Wildman–Crippen LogP) is 5.36. The van der Waals surface area contributed by atoms with Crippen LogP contribution in [0.15, 0.2) is 72.8 Å². The highest BCUT2D eigenvalue weighted by Crippen LogP contribution is 2.38. The van der Waals surface area contributed by atoms with E-state index < -0.39 is 11.8 Å². The van der Waals surface area contributed by atoms with Gasteiger partial charge >= 0.3 is 0 Å². The van der Waals surface area contributed by atoms with Gasteiger partial charge in [0.1, 0.15) is 11.5 Å². The van der Waals surface area contributed by atoms with Crippen LogP contribution >= 0.6 is 0 Å². The third-order valence-corrected chi connectivity index (χ3v) is 6.95. The zero-order chi connectivity index (χ0) is 28.6. The fourth-order valence-electron chi connectivity index (χ4n) is 5.20. The first-order valence-electron chi connectivity index (χ1n) is 13.5. The number of carbonyl (C=O) groups excluding carboxylic acids is 4. The first-order valence-corrected chi connectivity index (χ1v) is 13.5. The van der Waals surface area contributed by atoms with Gasteiger partial charge in [-0.3, -0.25) is 19.2 Å². The summed E-state index contributed by atoms with van der Waals surface area (Å²) in [6.45, 7) is 7.73. The number of rotatable bonds is 8. The van der Waals surface area contributed by atoms with Gasteiger partial charge in [0, 0.05) is 12.8 Å². The predicted molar refractivity (Wildman–Crippen MR) is 151 cm³/mol. The molecule has 3 aromatic rings. The zero-order valence-electron chi connectivity index (χ0n) is 23.0. The van der Waals surface area contributed by atoms with Gasteiger partial charge in [-0.1, -0.05) is 30.3 Å². The van der Waals surface area contributed by atoms with Crippen LogP contribution in [0.2, 0.25) is 0 Å². The van der Waals surface area contributed by atoms with Crippen molar-refractivity contribution in [2.45, 2.75) is 64.6 Å². The second-order valence-electron chi connectivity index (χ2n) is 10.6. The van der Waals surface area contributed by atoms with Crippen molar-refractivity contribution in [1.29, 1.82) is 0 Å². The summed E-state index contributed by atoms with van der Waals surface area (Å²) in [7, 11) is 0. The van der Waals surface area contributed by atoms with E-state index in [0.717, 1.165) is 20.9 Å². The summed E-state index contributed by atoms with van der Waals surface area (Å²) >= 11 is 0. The lowest BCUT2D eigenvalue weighted by Crippen LogP contribution is -2.32. The highest BCUT2D eigenvalue weighted by atomic mass is 16.5. The fraction of sp³-hybridized carbons (Fsp3) is 0.312. The molecule has 2 aliphatic heterocycles. The van der Waals surface area contributed by atoms with E-state index in [2.05, 4.69) is 0 Å². The van der Waals surface area contributed by atoms with Crippen molar-refractivity contribution >= 4 is 35.0 Å². The standard InChI is InChI=1S/C32H32N2O6/c1-19(2)39-25-12-8-21(9-13-25)27-17-29(35)33(31(27)37)23-6-5-7-24(16-23)34-30(36)18-28(32(34)38)22-10-14-26(15-11-22)40-20(3)4/h5-16,19-20,27-28H,17-18H2,1-4H3/t27-,28+. The lowest BCUT2D eigenvalue weighted by molar-refractivity contribution is -0.123. The Hall–Kier alpha value is -4.46. The smallest absolute Gasteiger partial charge is 0.241 e. The van der Waals surface area contributed by atoms with Gasteiger partial charge in [-0.15, -0.1) is 0 Å². The highest BCUT2D eigenvalue weighted by molar-refractivity contribution is 6.25. The second kappa shape index (κ2) is 11.0. The number of benzene rings is 3. The molecule has 2 atom stereocenters. The van der Waals surface area contributed by atoms with Crippen molar-refractivity contribution in [3.8, 4) is 11.5 Å². The number of nitrogens with zero attached hydrogens (tertiary/aromatic N) is 2. The van der Waals surface area contributed by atoms with Crippen LogP contribution in [0.1, 0.15) is 63.5 Å². The maximum atomic E-state index is 13.4. The van der Waals surface area contributed by atoms with E-state index in [-0.39, 0.29) is 48.7 Å². The molecule has 0 N–H and O–H groups in total. The van der Waals surface area contributed by atoms with Gasteiger partial charge in [0.15, 0.2) is 0 Å². The maximum absolute atomic E-state index is 13.4. The second-order valence-corrected chi connectivity index (χ2v) is 10.6. The van der Waals surface area contributed by atoms with Crippen molar-refractivity contribution in [2.75, 3.05) is 9.80 Å². The monoisotopic (exact) mass is 540 g/mol. The maximum Gasteiger partial charge on any atom is 0.241 e. The van der Waals surface area contributed by atoms with Crippen molar-refractivity contribution in [1.82, 2.24) is 0 Å². The van der Waals surface area contributed by atoms with Gasteiger partial charge in [0.05, 0.1) is 35.4 Å². The minimum absolute atomic E-state index is 0.0258. The Labute approximate surface area is 233 Å². The van der Waals surface area contributed by atoms with Gasteiger partial charge in [-0.05, 0) is 81.3 Å². The average molecular weight is 541 g/mol. The Kier molecular flexibility index (Phi) is 7.43. The molecule has 0 aromatic heterocycles. The van der Waals surface area contributed by atoms with E-state index in [1.807, 2.05) is 27.7 Å². The number of carbonyl (C=O) groups is 4. The number of imide groups is 2. The molecule has 8 heteroatoms. The van der Waals surface area contributed by atoms with Gasteiger partial charge in [0.2, 0.25) is 23.6 Å². The third-order valence-electron chi connectivity index (χ3n) is 6.95. The molecule has 2 heterocycles. The van der Waals surface area contributed by atoms with E-state index in [9.17, 15) is 19.2 Å². The summed E-state index contributed by atoms with van der Waals surface area (Å²) in [5.41, 5.74) is 2.11. The molecule has 3 aromatic carbocycles. The van der Waals surface area contributed by atoms with Crippen LogP contribution in [0.5, 0.6) is 11.5 Å². The third kappa shape index (κ3) is 5.34. The van der Waals surface area contributed by atoms with Gasteiger partial charge in [-0.2, -0.15) is 0 Å². The summed E-state index contributed by atoms with van der Waals surface area (Å²) in [5, 5.41) is 0. The highest BCUT2D eigenvalue weighted by Gasteiger charge is 2.43. The summed E-state index contributed by atoms with van der Waals surface area (Å²) in [6, 6.07) is 20.8. The van der Waals surface area contributed by atoms with Crippen LogP contribution in [0.25, 0.3) is 0 Å². The van der Waals surface area contributed by atoms with Gasteiger partial charge < -0.3 is 9.47 Å². The molecule has 2 fully saturated rings. The Morgan fingerprint density at radius 2 is 0.975 bits per heavy atom. The minimum Gasteiger partial charge on any atom is -0.491 e. The average Bonchev–Trinajstić information content (AvgIpc) is 3.38. The first-order chi connectivity index (χ1) is 19.1. The zero-order valence-corrected chi connectivity index (χ0v) is 23.0. The Balaban J connectivity index is 1.34. The van der Waals surface area contributed by atoms with Crippen molar-refractivity contribution in [3.63, 3.8) is 0 Å². The van der Waals surface area contributed by atoms with Gasteiger partial charge in [-0.25, -0.2) is 9.80 Å². The molecule has 4 amide bonds. The number of hydrogen-bond donors (Lipinski definition) is 0. The molecule has 2 aliphatic rings. The van der Waals surface area contributed by atoms with E-state index >= 15 is 0 Å². The molecule has 0 spiro atoms. The normalized spacial score (nSPS) is 19.4. The molecule has 8 nitrogen and oxygen atoms in total. The van der Waals surface area contributed by atoms with Crippen LogP contribution in [0.3, 0.4) is 0 Å². The largest absolute Gasteiger partial charge is 0.491 e. The van der Waals surface area contributed by atoms with Crippen molar-refractivity contribution in [3.05, 3.63) is 83.9 Å². The molecule has 0 aliphatic carbocycles. The van der Waals surface area contributed by atoms with Crippen molar-refractivity contribution in [2.24, 2.45) is 0 Å². The van der Waals surface area contributed by atoms with E-state index in [1.165, 1.54) is 0 Å². The first kappa shape index (κ1) is 27.1. The molecule has 5 rings (SSSR count). The molecular formula is C32H32N2O6. The van der Waals surface area contributed by atoms with Crippen LogP contribution in [0.4, 0.5) is 11.4 Å². The van der Waals surface area contributed by atoms with Gasteiger partial charge in [0.25, 0.3) is 0 Å². The number of ether oxygens (including phenoxy) is 2. The van der Waals surface area contributed by atoms with Crippen LogP contribution in [0, 0.1) is 0 Å². The number of hydrogen-bond acceptors (Lipinski definition) is 6. The number of amides is 4. The Morgan fingerprint density at radius 1 is 0.600 bits per heavy atom. The van der Waals surface area contributed by atoms with Crippen LogP contribution in [-0.2, 0) is 19.2 Å². The lowest BCUT2D eigenvalue weighted by atomic mass is 9.97. The summed E-state index contributed by atoms with van der Waals surface area (Å²) in [6.07, 6.45) is 0.122. The quantitative estimate of drug-likeness (QED) is 0.358. The molecule has 206 valence electrons. The summed E-state index contributed by atoms with van der Waals surface area (Å²) in [4.78, 5) is 55.1. The molecule has 2 saturated heterocycles. The Bertz CT molecular complexity index is 1340. The lowest BCUT2D eigenvalue weighted by Gasteiger charge is -2.20. The minimum atomic E-state index is -0.619. The molecule has 0 bridgehead atoms. The van der Waals surface area contributed by atoms with Crippen molar-refractivity contribution < 1.29 is 28.7 Å². The Morgan fingerprint density at radius 3 is 1.32 bits per heavy atom. The number of anilines is 2. The molecular weight excluding hydrogens is 508 g/mol. The van der Waals surface area contributed by atoms with E-state index in [4.69, 9.17) is 9.47 Å². The van der Waals surface area contributed by atoms with Crippen LogP contribution < -0.4 is 19.3 Å². The summed E-state index contributed by atoms with van der Waals surface area (Å²) in [5.74, 6) is -1.22. The van der Waals surface area contributed by atoms with E-state index in [1.54, 1.807) is 72.8 Å².